The van der Waals surface area contributed by atoms with Gasteiger partial charge in [0.1, 0.15) is 16.7 Å². The number of pyridine rings is 1. The predicted molar refractivity (Wildman–Crippen MR) is 118 cm³/mol. The summed E-state index contributed by atoms with van der Waals surface area (Å²) in [5.74, 6) is 1.38. The summed E-state index contributed by atoms with van der Waals surface area (Å²) in [5, 5.41) is 12.7. The van der Waals surface area contributed by atoms with E-state index in [2.05, 4.69) is 15.0 Å². The van der Waals surface area contributed by atoms with Crippen molar-refractivity contribution in [3.63, 3.8) is 0 Å². The van der Waals surface area contributed by atoms with Crippen molar-refractivity contribution >= 4 is 40.0 Å². The second-order valence-corrected chi connectivity index (χ2v) is 7.69. The predicted octanol–water partition coefficient (Wildman–Crippen LogP) is 5.42. The second kappa shape index (κ2) is 8.75. The molecule has 0 unspecified atom stereocenters. The zero-order chi connectivity index (χ0) is 22.0. The maximum absolute atomic E-state index is 11.2. The van der Waals surface area contributed by atoms with Crippen LogP contribution in [-0.4, -0.2) is 34.1 Å². The molecular weight excluding hydrogens is 440 g/mol. The summed E-state index contributed by atoms with van der Waals surface area (Å²) in [4.78, 5) is 23.6. The van der Waals surface area contributed by atoms with Crippen molar-refractivity contribution in [1.29, 1.82) is 0 Å². The van der Waals surface area contributed by atoms with E-state index < -0.39 is 4.92 Å². The van der Waals surface area contributed by atoms with Gasteiger partial charge in [0, 0.05) is 23.7 Å². The summed E-state index contributed by atoms with van der Waals surface area (Å²) >= 11 is 6.89. The van der Waals surface area contributed by atoms with Crippen molar-refractivity contribution in [2.45, 2.75) is 10.2 Å². The van der Waals surface area contributed by atoms with E-state index in [1.807, 2.05) is 30.3 Å². The highest BCUT2D eigenvalue weighted by Gasteiger charge is 2.18. The molecule has 0 spiro atoms. The molecule has 0 saturated carbocycles. The Morgan fingerprint density at radius 1 is 0.968 bits per heavy atom. The van der Waals surface area contributed by atoms with Crippen LogP contribution in [0.4, 0.5) is 5.69 Å². The number of hydrogen-bond donors (Lipinski definition) is 0. The average Bonchev–Trinajstić information content (AvgIpc) is 2.78. The van der Waals surface area contributed by atoms with Crippen LogP contribution in [0.1, 0.15) is 0 Å². The minimum atomic E-state index is -0.513. The molecule has 0 aliphatic rings. The zero-order valence-electron chi connectivity index (χ0n) is 16.4. The number of ether oxygens (including phenoxy) is 2. The van der Waals surface area contributed by atoms with Crippen LogP contribution in [0.3, 0.4) is 0 Å². The lowest BCUT2D eigenvalue weighted by molar-refractivity contribution is -0.388. The van der Waals surface area contributed by atoms with Crippen molar-refractivity contribution in [2.75, 3.05) is 14.2 Å². The van der Waals surface area contributed by atoms with Crippen LogP contribution < -0.4 is 9.47 Å². The second-order valence-electron chi connectivity index (χ2n) is 6.34. The number of nitrogens with zero attached hydrogens (tertiary/aromatic N) is 4. The Balaban J connectivity index is 1.69. The number of nitro groups is 1. The minimum Gasteiger partial charge on any atom is -0.497 e. The normalized spacial score (nSPS) is 10.8. The van der Waals surface area contributed by atoms with E-state index in [0.717, 1.165) is 28.3 Å². The van der Waals surface area contributed by atoms with Crippen molar-refractivity contribution < 1.29 is 14.4 Å². The van der Waals surface area contributed by atoms with E-state index in [4.69, 9.17) is 21.1 Å². The molecule has 4 rings (SSSR count). The van der Waals surface area contributed by atoms with E-state index in [9.17, 15) is 10.1 Å². The molecular formula is C21H15ClN4O4S. The molecule has 0 bridgehead atoms. The summed E-state index contributed by atoms with van der Waals surface area (Å²) in [6.45, 7) is 0. The molecule has 0 aliphatic carbocycles. The molecule has 31 heavy (non-hydrogen) atoms. The summed E-state index contributed by atoms with van der Waals surface area (Å²) in [6.07, 6.45) is 1.67. The highest BCUT2D eigenvalue weighted by atomic mass is 35.5. The number of methoxy groups -OCH3 is 2. The van der Waals surface area contributed by atoms with Gasteiger partial charge in [-0.3, -0.25) is 10.1 Å². The van der Waals surface area contributed by atoms with Crippen molar-refractivity contribution in [3.05, 3.63) is 70.0 Å². The molecule has 2 aromatic carbocycles. The van der Waals surface area contributed by atoms with Crippen LogP contribution in [0.5, 0.6) is 11.5 Å². The smallest absolute Gasteiger partial charge is 0.301 e. The Bertz CT molecular complexity index is 1280. The Labute approximate surface area is 186 Å². The van der Waals surface area contributed by atoms with Gasteiger partial charge in [-0.2, -0.15) is 0 Å². The topological polar surface area (TPSA) is 100 Å². The Kier molecular flexibility index (Phi) is 5.88. The zero-order valence-corrected chi connectivity index (χ0v) is 18.0. The SMILES string of the molecule is COc1cc(OC)cc(-c2ccc3nc(Sc4nc(Cl)ccc4[N+](=O)[O-])ncc3c2)c1. The first-order chi connectivity index (χ1) is 15.0. The largest absolute Gasteiger partial charge is 0.497 e. The number of benzene rings is 2. The van der Waals surface area contributed by atoms with E-state index in [1.165, 1.54) is 12.1 Å². The molecule has 0 radical (unpaired) electrons. The fourth-order valence-corrected chi connectivity index (χ4v) is 3.94. The molecule has 0 atom stereocenters. The third-order valence-corrected chi connectivity index (χ3v) is 5.52. The van der Waals surface area contributed by atoms with Gasteiger partial charge in [-0.1, -0.05) is 17.7 Å². The molecule has 156 valence electrons. The number of aromatic nitrogens is 3. The van der Waals surface area contributed by atoms with Gasteiger partial charge in [-0.15, -0.1) is 0 Å². The standard InChI is InChI=1S/C21H15ClN4O4S/c1-29-15-8-13(9-16(10-15)30-2)12-3-4-17-14(7-12)11-23-21(24-17)31-20-18(26(27)28)5-6-19(22)25-20/h3-11H,1-2H3. The number of rotatable bonds is 6. The quantitative estimate of drug-likeness (QED) is 0.165. The van der Waals surface area contributed by atoms with Crippen molar-refractivity contribution in [1.82, 2.24) is 15.0 Å². The van der Waals surface area contributed by atoms with Crippen molar-refractivity contribution in [3.8, 4) is 22.6 Å². The van der Waals surface area contributed by atoms with Crippen LogP contribution in [0.15, 0.2) is 64.9 Å². The molecule has 10 heteroatoms. The monoisotopic (exact) mass is 454 g/mol. The van der Waals surface area contributed by atoms with Gasteiger partial charge >= 0.3 is 5.69 Å². The third-order valence-electron chi connectivity index (χ3n) is 4.43. The van der Waals surface area contributed by atoms with Gasteiger partial charge in [0.15, 0.2) is 10.2 Å². The maximum Gasteiger partial charge on any atom is 0.301 e. The van der Waals surface area contributed by atoms with Crippen LogP contribution in [0.25, 0.3) is 22.0 Å². The third kappa shape index (κ3) is 4.52. The van der Waals surface area contributed by atoms with E-state index >= 15 is 0 Å². The van der Waals surface area contributed by atoms with Gasteiger partial charge in [0.05, 0.1) is 24.7 Å². The first-order valence-corrected chi connectivity index (χ1v) is 10.2. The number of fused-ring (bicyclic) bond motifs is 1. The van der Waals surface area contributed by atoms with E-state index in [1.54, 1.807) is 26.5 Å². The summed E-state index contributed by atoms with van der Waals surface area (Å²) in [5.41, 5.74) is 2.41. The molecule has 0 fully saturated rings. The van der Waals surface area contributed by atoms with Crippen LogP contribution in [0, 0.1) is 10.1 Å². The van der Waals surface area contributed by atoms with Crippen LogP contribution in [0.2, 0.25) is 5.15 Å². The van der Waals surface area contributed by atoms with Crippen LogP contribution in [-0.2, 0) is 0 Å². The molecule has 0 amide bonds. The van der Waals surface area contributed by atoms with E-state index in [-0.39, 0.29) is 15.9 Å². The Morgan fingerprint density at radius 2 is 1.71 bits per heavy atom. The number of halogens is 1. The minimum absolute atomic E-state index is 0.136. The molecule has 0 N–H and O–H groups in total. The molecule has 2 aromatic heterocycles. The highest BCUT2D eigenvalue weighted by molar-refractivity contribution is 7.99. The van der Waals surface area contributed by atoms with E-state index in [0.29, 0.717) is 22.2 Å². The van der Waals surface area contributed by atoms with Crippen LogP contribution >= 0.6 is 23.4 Å². The highest BCUT2D eigenvalue weighted by Crippen LogP contribution is 2.34. The van der Waals surface area contributed by atoms with Gasteiger partial charge in [0.2, 0.25) is 0 Å². The molecule has 4 aromatic rings. The number of hydrogen-bond acceptors (Lipinski definition) is 8. The van der Waals surface area contributed by atoms with Gasteiger partial charge < -0.3 is 9.47 Å². The maximum atomic E-state index is 11.2. The summed E-state index contributed by atoms with van der Waals surface area (Å²) < 4.78 is 10.7. The lowest BCUT2D eigenvalue weighted by Gasteiger charge is -2.09. The first-order valence-electron chi connectivity index (χ1n) is 8.96. The van der Waals surface area contributed by atoms with Gasteiger partial charge in [-0.05, 0) is 53.2 Å². The lowest BCUT2D eigenvalue weighted by atomic mass is 10.0. The molecule has 8 nitrogen and oxygen atoms in total. The molecule has 0 saturated heterocycles. The Hall–Kier alpha value is -3.43. The fraction of sp³-hybridized carbons (Fsp3) is 0.0952. The average molecular weight is 455 g/mol. The molecule has 0 aliphatic heterocycles. The molecule has 2 heterocycles. The summed E-state index contributed by atoms with van der Waals surface area (Å²) in [6, 6.07) is 14.1. The van der Waals surface area contributed by atoms with Gasteiger partial charge in [0.25, 0.3) is 0 Å². The first kappa shape index (κ1) is 20.8. The fourth-order valence-electron chi connectivity index (χ4n) is 2.93. The lowest BCUT2D eigenvalue weighted by Crippen LogP contribution is -1.95. The van der Waals surface area contributed by atoms with Gasteiger partial charge in [-0.25, -0.2) is 15.0 Å². The Morgan fingerprint density at radius 3 is 2.39 bits per heavy atom. The van der Waals surface area contributed by atoms with Crippen molar-refractivity contribution in [2.24, 2.45) is 0 Å². The summed E-state index contributed by atoms with van der Waals surface area (Å²) in [7, 11) is 3.20.